The number of hydrogen-bond donors (Lipinski definition) is 1. The fourth-order valence-electron chi connectivity index (χ4n) is 3.39. The van der Waals surface area contributed by atoms with E-state index in [0.29, 0.717) is 12.1 Å². The lowest BCUT2D eigenvalue weighted by molar-refractivity contribution is 0.0750. The molecule has 0 bridgehead atoms. The summed E-state index contributed by atoms with van der Waals surface area (Å²) in [4.78, 5) is 13.8. The summed E-state index contributed by atoms with van der Waals surface area (Å²) in [6.07, 6.45) is -0.899. The molecule has 1 N–H and O–H groups in total. The van der Waals surface area contributed by atoms with E-state index < -0.39 is 17.9 Å². The van der Waals surface area contributed by atoms with Crippen LogP contribution in [0, 0.1) is 0 Å². The molecule has 0 spiro atoms. The number of nitrogens with one attached hydrogen (secondary N) is 1. The van der Waals surface area contributed by atoms with Crippen molar-refractivity contribution < 1.29 is 13.9 Å². The predicted octanol–water partition coefficient (Wildman–Crippen LogP) is 3.65. The summed E-state index contributed by atoms with van der Waals surface area (Å²) < 4.78 is 20.7. The fourth-order valence-corrected chi connectivity index (χ4v) is 3.39. The molecule has 0 saturated carbocycles. The van der Waals surface area contributed by atoms with Gasteiger partial charge in [-0.3, -0.25) is 4.90 Å². The third kappa shape index (κ3) is 2.23. The molecule has 2 aromatic rings. The Bertz CT molecular complexity index is 737. The van der Waals surface area contributed by atoms with E-state index in [1.807, 2.05) is 48.5 Å². The first-order chi connectivity index (χ1) is 11.2. The van der Waals surface area contributed by atoms with Crippen molar-refractivity contribution in [1.29, 1.82) is 0 Å². The van der Waals surface area contributed by atoms with Crippen molar-refractivity contribution in [2.45, 2.75) is 24.9 Å². The minimum Gasteiger partial charge on any atom is -0.444 e. The van der Waals surface area contributed by atoms with Crippen LogP contribution in [0.1, 0.15) is 17.5 Å². The molecule has 0 radical (unpaired) electrons. The third-order valence-electron chi connectivity index (χ3n) is 4.57. The number of benzene rings is 2. The van der Waals surface area contributed by atoms with Gasteiger partial charge < -0.3 is 10.1 Å². The SMILES string of the molecule is O=C(OCc1ccccc1)N1CCC2(F)c3ccccc3NC12. The Morgan fingerprint density at radius 2 is 1.96 bits per heavy atom. The van der Waals surface area contributed by atoms with E-state index in [1.54, 1.807) is 6.07 Å². The van der Waals surface area contributed by atoms with Crippen molar-refractivity contribution in [3.8, 4) is 0 Å². The maximum atomic E-state index is 15.4. The molecule has 1 fully saturated rings. The maximum absolute atomic E-state index is 15.4. The summed E-state index contributed by atoms with van der Waals surface area (Å²) >= 11 is 0. The van der Waals surface area contributed by atoms with Gasteiger partial charge in [-0.1, -0.05) is 48.5 Å². The number of rotatable bonds is 2. The fraction of sp³-hybridized carbons (Fsp3) is 0.278. The molecule has 1 amide bonds. The quantitative estimate of drug-likeness (QED) is 0.920. The summed E-state index contributed by atoms with van der Waals surface area (Å²) in [6.45, 7) is 0.533. The van der Waals surface area contributed by atoms with E-state index in [9.17, 15) is 4.79 Å². The van der Waals surface area contributed by atoms with Crippen LogP contribution in [0.5, 0.6) is 0 Å². The first-order valence-corrected chi connectivity index (χ1v) is 7.71. The largest absolute Gasteiger partial charge is 0.444 e. The summed E-state index contributed by atoms with van der Waals surface area (Å²) in [5.41, 5.74) is 0.751. The highest BCUT2D eigenvalue weighted by molar-refractivity contribution is 5.72. The lowest BCUT2D eigenvalue weighted by Gasteiger charge is -2.26. The van der Waals surface area contributed by atoms with E-state index in [2.05, 4.69) is 5.32 Å². The number of likely N-dealkylation sites (tertiary alicyclic amines) is 1. The van der Waals surface area contributed by atoms with E-state index in [1.165, 1.54) is 4.90 Å². The van der Waals surface area contributed by atoms with Gasteiger partial charge in [-0.2, -0.15) is 0 Å². The molecule has 5 heteroatoms. The third-order valence-corrected chi connectivity index (χ3v) is 4.57. The molecule has 0 aliphatic carbocycles. The average Bonchev–Trinajstić information content (AvgIpc) is 3.06. The van der Waals surface area contributed by atoms with E-state index in [-0.39, 0.29) is 13.0 Å². The van der Waals surface area contributed by atoms with Gasteiger partial charge in [-0.05, 0) is 11.6 Å². The van der Waals surface area contributed by atoms with Crippen LogP contribution in [0.3, 0.4) is 0 Å². The molecule has 4 nitrogen and oxygen atoms in total. The van der Waals surface area contributed by atoms with Crippen molar-refractivity contribution in [1.82, 2.24) is 4.90 Å². The van der Waals surface area contributed by atoms with Gasteiger partial charge in [0.1, 0.15) is 12.8 Å². The van der Waals surface area contributed by atoms with Gasteiger partial charge in [-0.25, -0.2) is 9.18 Å². The number of ether oxygens (including phenoxy) is 1. The Balaban J connectivity index is 1.48. The van der Waals surface area contributed by atoms with Crippen LogP contribution >= 0.6 is 0 Å². The van der Waals surface area contributed by atoms with Gasteiger partial charge in [0, 0.05) is 24.2 Å². The summed E-state index contributed by atoms with van der Waals surface area (Å²) in [5.74, 6) is 0. The molecule has 0 aromatic heterocycles. The predicted molar refractivity (Wildman–Crippen MR) is 84.6 cm³/mol. The minimum absolute atomic E-state index is 0.190. The summed E-state index contributed by atoms with van der Waals surface area (Å²) in [6, 6.07) is 16.8. The molecule has 2 atom stereocenters. The number of hydrogen-bond acceptors (Lipinski definition) is 3. The zero-order valence-corrected chi connectivity index (χ0v) is 12.5. The Labute approximate surface area is 133 Å². The molecule has 4 rings (SSSR count). The van der Waals surface area contributed by atoms with Gasteiger partial charge >= 0.3 is 6.09 Å². The Hall–Kier alpha value is -2.56. The van der Waals surface area contributed by atoms with Gasteiger partial charge in [0.05, 0.1) is 0 Å². The molecule has 1 saturated heterocycles. The highest BCUT2D eigenvalue weighted by atomic mass is 19.1. The number of para-hydroxylation sites is 1. The number of carbonyl (C=O) groups is 1. The normalized spacial score (nSPS) is 24.7. The van der Waals surface area contributed by atoms with E-state index in [4.69, 9.17) is 4.74 Å². The van der Waals surface area contributed by atoms with Crippen LogP contribution < -0.4 is 5.32 Å². The van der Waals surface area contributed by atoms with Crippen molar-refractivity contribution in [2.24, 2.45) is 0 Å². The van der Waals surface area contributed by atoms with Crippen LogP contribution in [0.2, 0.25) is 0 Å². The first kappa shape index (κ1) is 14.1. The molecule has 23 heavy (non-hydrogen) atoms. The number of alkyl halides is 1. The van der Waals surface area contributed by atoms with Gasteiger partial charge in [0.15, 0.2) is 5.67 Å². The summed E-state index contributed by atoms with van der Waals surface area (Å²) in [7, 11) is 0. The number of halogens is 1. The zero-order valence-electron chi connectivity index (χ0n) is 12.5. The van der Waals surface area contributed by atoms with Gasteiger partial charge in [0.2, 0.25) is 0 Å². The molecule has 2 aliphatic heterocycles. The zero-order chi connectivity index (χ0) is 15.9. The Morgan fingerprint density at radius 3 is 2.78 bits per heavy atom. The van der Waals surface area contributed by atoms with Gasteiger partial charge in [0.25, 0.3) is 0 Å². The first-order valence-electron chi connectivity index (χ1n) is 7.71. The number of amides is 1. The summed E-state index contributed by atoms with van der Waals surface area (Å²) in [5, 5.41) is 3.12. The van der Waals surface area contributed by atoms with Gasteiger partial charge in [-0.15, -0.1) is 0 Å². The molecule has 2 aliphatic rings. The van der Waals surface area contributed by atoms with Crippen LogP contribution in [-0.2, 0) is 17.0 Å². The van der Waals surface area contributed by atoms with Crippen LogP contribution in [-0.4, -0.2) is 23.7 Å². The Morgan fingerprint density at radius 1 is 1.22 bits per heavy atom. The van der Waals surface area contributed by atoms with E-state index >= 15 is 4.39 Å². The lowest BCUT2D eigenvalue weighted by atomic mass is 9.95. The molecule has 2 heterocycles. The van der Waals surface area contributed by atoms with E-state index in [0.717, 1.165) is 11.3 Å². The molecule has 2 unspecified atom stereocenters. The second kappa shape index (κ2) is 5.26. The van der Waals surface area contributed by atoms with Crippen molar-refractivity contribution in [2.75, 3.05) is 11.9 Å². The smallest absolute Gasteiger partial charge is 0.411 e. The topological polar surface area (TPSA) is 41.6 Å². The number of nitrogens with zero attached hydrogens (tertiary/aromatic N) is 1. The average molecular weight is 312 g/mol. The Kier molecular flexibility index (Phi) is 3.22. The standard InChI is InChI=1S/C18H17FN2O2/c19-18-10-11-21(16(18)20-15-9-5-4-8-14(15)18)17(22)23-12-13-6-2-1-3-7-13/h1-9,16,20H,10-12H2. The number of fused-ring (bicyclic) bond motifs is 3. The molecule has 118 valence electrons. The monoisotopic (exact) mass is 312 g/mol. The van der Waals surface area contributed by atoms with Crippen LogP contribution in [0.4, 0.5) is 14.9 Å². The van der Waals surface area contributed by atoms with Crippen molar-refractivity contribution >= 4 is 11.8 Å². The minimum atomic E-state index is -1.54. The highest BCUT2D eigenvalue weighted by Gasteiger charge is 2.56. The molecular weight excluding hydrogens is 295 g/mol. The molecular formula is C18H17FN2O2. The van der Waals surface area contributed by atoms with Crippen LogP contribution in [0.15, 0.2) is 54.6 Å². The van der Waals surface area contributed by atoms with Crippen LogP contribution in [0.25, 0.3) is 0 Å². The number of anilines is 1. The second-order valence-corrected chi connectivity index (χ2v) is 5.94. The molecule has 2 aromatic carbocycles. The number of carbonyl (C=O) groups excluding carboxylic acids is 1. The second-order valence-electron chi connectivity index (χ2n) is 5.94. The highest BCUT2D eigenvalue weighted by Crippen LogP contribution is 2.49. The lowest BCUT2D eigenvalue weighted by Crippen LogP contribution is -2.44. The van der Waals surface area contributed by atoms with Crippen molar-refractivity contribution in [3.05, 3.63) is 65.7 Å². The maximum Gasteiger partial charge on any atom is 0.411 e. The van der Waals surface area contributed by atoms with Crippen molar-refractivity contribution in [3.63, 3.8) is 0 Å².